The number of carbonyl (C=O) groups excluding carboxylic acids is 1. The number of Topliss-reactive ketones (excluding diaryl/α,β-unsaturated/α-hetero) is 1. The number of alkyl halides is 3. The molecule has 2 aromatic rings. The van der Waals surface area contributed by atoms with E-state index in [9.17, 15) is 18.0 Å². The molecule has 0 amide bonds. The number of nitrogens with zero attached hydrogens (tertiary/aromatic N) is 2. The molecule has 0 atom stereocenters. The van der Waals surface area contributed by atoms with E-state index in [1.807, 2.05) is 12.1 Å². The van der Waals surface area contributed by atoms with E-state index in [0.717, 1.165) is 30.5 Å². The lowest BCUT2D eigenvalue weighted by atomic mass is 9.92. The van der Waals surface area contributed by atoms with Crippen LogP contribution in [0, 0.1) is 11.3 Å². The predicted molar refractivity (Wildman–Crippen MR) is 91.9 cm³/mol. The summed E-state index contributed by atoms with van der Waals surface area (Å²) >= 11 is 0. The zero-order chi connectivity index (χ0) is 19.4. The number of rotatable bonds is 3. The van der Waals surface area contributed by atoms with Crippen LogP contribution in [0.1, 0.15) is 42.5 Å². The maximum absolute atomic E-state index is 12.8. The van der Waals surface area contributed by atoms with Crippen molar-refractivity contribution in [1.82, 2.24) is 4.98 Å². The molecule has 138 valence electrons. The minimum absolute atomic E-state index is 0.0902. The second-order valence-corrected chi connectivity index (χ2v) is 6.17. The van der Waals surface area contributed by atoms with Crippen LogP contribution in [0.2, 0.25) is 0 Å². The highest BCUT2D eigenvalue weighted by molar-refractivity contribution is 5.80. The average Bonchev–Trinajstić information content (AvgIpc) is 2.63. The van der Waals surface area contributed by atoms with Gasteiger partial charge >= 0.3 is 6.18 Å². The molecule has 0 bridgehead atoms. The summed E-state index contributed by atoms with van der Waals surface area (Å²) < 4.78 is 44.0. The molecule has 0 N–H and O–H groups in total. The van der Waals surface area contributed by atoms with Crippen molar-refractivity contribution in [2.75, 3.05) is 0 Å². The van der Waals surface area contributed by atoms with Crippen LogP contribution >= 0.6 is 0 Å². The van der Waals surface area contributed by atoms with Gasteiger partial charge in [-0.3, -0.25) is 4.79 Å². The van der Waals surface area contributed by atoms with E-state index >= 15 is 0 Å². The minimum atomic E-state index is -4.65. The van der Waals surface area contributed by atoms with Crippen LogP contribution in [-0.2, 0) is 11.0 Å². The molecule has 0 spiro atoms. The van der Waals surface area contributed by atoms with Gasteiger partial charge in [-0.15, -0.1) is 0 Å². The smallest absolute Gasteiger partial charge is 0.419 e. The van der Waals surface area contributed by atoms with E-state index in [4.69, 9.17) is 10.00 Å². The molecular formula is C20H15F3N2O2. The molecule has 7 heteroatoms. The number of hydrogen-bond acceptors (Lipinski definition) is 4. The van der Waals surface area contributed by atoms with Gasteiger partial charge in [-0.1, -0.05) is 23.8 Å². The van der Waals surface area contributed by atoms with Crippen molar-refractivity contribution in [2.45, 2.75) is 31.9 Å². The Morgan fingerprint density at radius 2 is 1.85 bits per heavy atom. The maximum atomic E-state index is 12.8. The van der Waals surface area contributed by atoms with Gasteiger partial charge in [0.2, 0.25) is 5.88 Å². The van der Waals surface area contributed by atoms with Crippen LogP contribution in [-0.4, -0.2) is 10.8 Å². The van der Waals surface area contributed by atoms with Gasteiger partial charge in [-0.25, -0.2) is 4.98 Å². The van der Waals surface area contributed by atoms with E-state index in [0.29, 0.717) is 18.6 Å². The van der Waals surface area contributed by atoms with Crippen LogP contribution in [0.4, 0.5) is 13.2 Å². The lowest BCUT2D eigenvalue weighted by Gasteiger charge is -2.13. The van der Waals surface area contributed by atoms with Crippen LogP contribution in [0.5, 0.6) is 11.6 Å². The highest BCUT2D eigenvalue weighted by Crippen LogP contribution is 2.33. The van der Waals surface area contributed by atoms with Crippen molar-refractivity contribution < 1.29 is 22.7 Å². The number of ketones is 1. The normalized spacial score (nSPS) is 14.6. The number of halogens is 3. The average molecular weight is 372 g/mol. The summed E-state index contributed by atoms with van der Waals surface area (Å²) in [6.45, 7) is 0. The summed E-state index contributed by atoms with van der Waals surface area (Å²) in [5, 5.41) is 8.92. The second kappa shape index (κ2) is 7.62. The fourth-order valence-electron chi connectivity index (χ4n) is 2.83. The van der Waals surface area contributed by atoms with Crippen LogP contribution < -0.4 is 4.74 Å². The molecule has 4 nitrogen and oxygen atoms in total. The van der Waals surface area contributed by atoms with Gasteiger partial charge < -0.3 is 4.74 Å². The highest BCUT2D eigenvalue weighted by Gasteiger charge is 2.34. The van der Waals surface area contributed by atoms with Crippen molar-refractivity contribution >= 4 is 11.9 Å². The van der Waals surface area contributed by atoms with Gasteiger partial charge in [0, 0.05) is 18.9 Å². The molecule has 1 heterocycles. The summed E-state index contributed by atoms with van der Waals surface area (Å²) in [5.41, 5.74) is 0.211. The number of aromatic nitrogens is 1. The number of benzene rings is 1. The maximum Gasteiger partial charge on any atom is 0.419 e. The van der Waals surface area contributed by atoms with Crippen molar-refractivity contribution in [2.24, 2.45) is 0 Å². The van der Waals surface area contributed by atoms with Crippen LogP contribution in [0.15, 0.2) is 42.0 Å². The van der Waals surface area contributed by atoms with Crippen molar-refractivity contribution in [1.29, 1.82) is 5.26 Å². The molecule has 1 saturated carbocycles. The van der Waals surface area contributed by atoms with Gasteiger partial charge in [0.05, 0.1) is 5.56 Å². The molecule has 27 heavy (non-hydrogen) atoms. The van der Waals surface area contributed by atoms with Crippen molar-refractivity contribution in [3.05, 3.63) is 58.8 Å². The fourth-order valence-corrected chi connectivity index (χ4v) is 2.83. The first-order chi connectivity index (χ1) is 12.8. The summed E-state index contributed by atoms with van der Waals surface area (Å²) in [6.07, 6.45) is -0.0983. The Morgan fingerprint density at radius 1 is 1.11 bits per heavy atom. The number of ether oxygens (including phenoxy) is 1. The standard InChI is InChI=1S/C20H15F3N2O2/c21-20(22,23)17-8-9-19(25-18(17)12-24)27-16-3-1-2-14(11-16)10-13-4-6-15(26)7-5-13/h1-3,8-11H,4-7H2. The number of allylic oxidation sites excluding steroid dienone is 1. The Hall–Kier alpha value is -3.14. The summed E-state index contributed by atoms with van der Waals surface area (Å²) in [4.78, 5) is 15.0. The van der Waals surface area contributed by atoms with Gasteiger partial charge in [-0.05, 0) is 36.6 Å². The summed E-state index contributed by atoms with van der Waals surface area (Å²) in [5.74, 6) is 0.575. The molecule has 1 aliphatic carbocycles. The van der Waals surface area contributed by atoms with E-state index < -0.39 is 17.4 Å². The van der Waals surface area contributed by atoms with Crippen molar-refractivity contribution in [3.63, 3.8) is 0 Å². The quantitative estimate of drug-likeness (QED) is 0.734. The molecule has 0 unspecified atom stereocenters. The van der Waals surface area contributed by atoms with E-state index in [1.165, 1.54) is 11.6 Å². The lowest BCUT2D eigenvalue weighted by Crippen LogP contribution is -2.09. The minimum Gasteiger partial charge on any atom is -0.439 e. The Morgan fingerprint density at radius 3 is 2.52 bits per heavy atom. The molecule has 1 fully saturated rings. The van der Waals surface area contributed by atoms with Crippen LogP contribution in [0.25, 0.3) is 6.08 Å². The van der Waals surface area contributed by atoms with Gasteiger partial charge in [0.15, 0.2) is 5.69 Å². The number of carbonyl (C=O) groups is 1. The van der Waals surface area contributed by atoms with Gasteiger partial charge in [0.1, 0.15) is 17.6 Å². The molecule has 3 rings (SSSR count). The number of hydrogen-bond donors (Lipinski definition) is 0. The number of pyridine rings is 1. The van der Waals surface area contributed by atoms with E-state index in [2.05, 4.69) is 4.98 Å². The SMILES string of the molecule is N#Cc1nc(Oc2cccc(C=C3CCC(=O)CC3)c2)ccc1C(F)(F)F. The molecule has 1 aromatic heterocycles. The third kappa shape index (κ3) is 4.73. The second-order valence-electron chi connectivity index (χ2n) is 6.17. The summed E-state index contributed by atoms with van der Waals surface area (Å²) in [6, 6.07) is 10.3. The molecule has 0 saturated heterocycles. The van der Waals surface area contributed by atoms with E-state index in [1.54, 1.807) is 18.2 Å². The molecule has 0 radical (unpaired) electrons. The van der Waals surface area contributed by atoms with Gasteiger partial charge in [-0.2, -0.15) is 18.4 Å². The largest absolute Gasteiger partial charge is 0.439 e. The Labute approximate surface area is 153 Å². The Balaban J connectivity index is 1.80. The fraction of sp³-hybridized carbons (Fsp3) is 0.250. The summed E-state index contributed by atoms with van der Waals surface area (Å²) in [7, 11) is 0. The Kier molecular flexibility index (Phi) is 5.26. The van der Waals surface area contributed by atoms with Crippen molar-refractivity contribution in [3.8, 4) is 17.7 Å². The first-order valence-electron chi connectivity index (χ1n) is 8.32. The zero-order valence-corrected chi connectivity index (χ0v) is 14.2. The number of nitriles is 1. The molecule has 1 aliphatic rings. The van der Waals surface area contributed by atoms with Crippen LogP contribution in [0.3, 0.4) is 0 Å². The third-order valence-electron chi connectivity index (χ3n) is 4.18. The first-order valence-corrected chi connectivity index (χ1v) is 8.32. The third-order valence-corrected chi connectivity index (χ3v) is 4.18. The van der Waals surface area contributed by atoms with E-state index in [-0.39, 0.29) is 11.7 Å². The highest BCUT2D eigenvalue weighted by atomic mass is 19.4. The molecular weight excluding hydrogens is 357 g/mol. The predicted octanol–water partition coefficient (Wildman–Crippen LogP) is 5.29. The Bertz CT molecular complexity index is 931. The molecule has 1 aromatic carbocycles. The monoisotopic (exact) mass is 372 g/mol. The zero-order valence-electron chi connectivity index (χ0n) is 14.2. The lowest BCUT2D eigenvalue weighted by molar-refractivity contribution is -0.138. The first kappa shape index (κ1) is 18.6. The van der Waals surface area contributed by atoms with Gasteiger partial charge in [0.25, 0.3) is 0 Å². The molecule has 0 aliphatic heterocycles. The topological polar surface area (TPSA) is 63.0 Å².